The van der Waals surface area contributed by atoms with Crippen LogP contribution >= 0.6 is 23.4 Å². The molecule has 32 heavy (non-hydrogen) atoms. The van der Waals surface area contributed by atoms with Gasteiger partial charge in [0.05, 0.1) is 0 Å². The number of carbonyl (C=O) groups excluding carboxylic acids is 1. The monoisotopic (exact) mass is 468 g/mol. The van der Waals surface area contributed by atoms with Gasteiger partial charge in [-0.15, -0.1) is 11.8 Å². The molecule has 2 heterocycles. The molecule has 1 saturated heterocycles. The van der Waals surface area contributed by atoms with Crippen molar-refractivity contribution in [2.24, 2.45) is 0 Å². The third kappa shape index (κ3) is 5.94. The van der Waals surface area contributed by atoms with Crippen molar-refractivity contribution in [1.29, 1.82) is 5.41 Å². The van der Waals surface area contributed by atoms with Crippen molar-refractivity contribution in [3.8, 4) is 0 Å². The molecule has 2 aliphatic heterocycles. The minimum Gasteiger partial charge on any atom is -0.369 e. The van der Waals surface area contributed by atoms with E-state index < -0.39 is 0 Å². The van der Waals surface area contributed by atoms with E-state index in [4.69, 9.17) is 17.0 Å². The van der Waals surface area contributed by atoms with Crippen molar-refractivity contribution in [1.82, 2.24) is 10.2 Å². The van der Waals surface area contributed by atoms with Gasteiger partial charge in [-0.2, -0.15) is 0 Å². The summed E-state index contributed by atoms with van der Waals surface area (Å²) in [6, 6.07) is 14.0. The van der Waals surface area contributed by atoms with E-state index in [1.165, 1.54) is 16.8 Å². The van der Waals surface area contributed by atoms with Crippen LogP contribution in [0.1, 0.15) is 24.0 Å². The van der Waals surface area contributed by atoms with Gasteiger partial charge in [-0.1, -0.05) is 23.7 Å². The first-order valence-corrected chi connectivity index (χ1v) is 12.5. The molecule has 1 amide bonds. The minimum atomic E-state index is 0.0314. The quantitative estimate of drug-likeness (QED) is 0.441. The maximum absolute atomic E-state index is 12.5. The Morgan fingerprint density at radius 3 is 2.78 bits per heavy atom. The van der Waals surface area contributed by atoms with Gasteiger partial charge in [-0.25, -0.2) is 0 Å². The number of thioether (sulfide) groups is 1. The van der Waals surface area contributed by atoms with Crippen LogP contribution in [-0.4, -0.2) is 62.0 Å². The minimum absolute atomic E-state index is 0.0314. The van der Waals surface area contributed by atoms with Crippen molar-refractivity contribution in [3.05, 3.63) is 64.2 Å². The van der Waals surface area contributed by atoms with Gasteiger partial charge < -0.3 is 15.6 Å². The van der Waals surface area contributed by atoms with Crippen LogP contribution in [-0.2, 0) is 4.79 Å². The Morgan fingerprint density at radius 2 is 1.97 bits per heavy atom. The molecule has 0 saturated carbocycles. The number of fused-ring (bicyclic) bond motifs is 1. The molecule has 0 unspecified atom stereocenters. The van der Waals surface area contributed by atoms with Crippen LogP contribution in [0.3, 0.4) is 0 Å². The molecule has 0 aliphatic carbocycles. The second-order valence-corrected chi connectivity index (χ2v) is 9.63. The van der Waals surface area contributed by atoms with Gasteiger partial charge in [0.2, 0.25) is 5.91 Å². The first-order valence-electron chi connectivity index (χ1n) is 11.1. The summed E-state index contributed by atoms with van der Waals surface area (Å²) in [7, 11) is 0. The molecule has 0 atom stereocenters. The number of benzene rings is 2. The van der Waals surface area contributed by atoms with Crippen LogP contribution in [0.4, 0.5) is 5.69 Å². The summed E-state index contributed by atoms with van der Waals surface area (Å²) in [5, 5.41) is 11.2. The van der Waals surface area contributed by atoms with E-state index in [2.05, 4.69) is 27.2 Å². The second kappa shape index (κ2) is 11.0. The summed E-state index contributed by atoms with van der Waals surface area (Å²) in [6.45, 7) is 5.89. The fraction of sp³-hybridized carbons (Fsp3) is 0.360. The fourth-order valence-electron chi connectivity index (χ4n) is 4.10. The van der Waals surface area contributed by atoms with Crippen LogP contribution in [0.5, 0.6) is 0 Å². The molecule has 2 aromatic rings. The van der Waals surface area contributed by atoms with Crippen LogP contribution < -0.4 is 10.2 Å². The first-order chi connectivity index (χ1) is 15.6. The summed E-state index contributed by atoms with van der Waals surface area (Å²) in [4.78, 5) is 18.6. The number of nitrogens with one attached hydrogen (secondary N) is 2. The van der Waals surface area contributed by atoms with Crippen LogP contribution in [0.25, 0.3) is 6.08 Å². The number of rotatable bonds is 8. The van der Waals surface area contributed by atoms with Crippen LogP contribution in [0.15, 0.2) is 52.9 Å². The molecule has 2 aromatic carbocycles. The lowest BCUT2D eigenvalue weighted by atomic mass is 10.1. The normalized spacial score (nSPS) is 16.3. The molecule has 0 spiro atoms. The van der Waals surface area contributed by atoms with Gasteiger partial charge in [0.25, 0.3) is 0 Å². The maximum atomic E-state index is 12.5. The highest BCUT2D eigenvalue weighted by atomic mass is 35.5. The highest BCUT2D eigenvalue weighted by Gasteiger charge is 2.18. The predicted molar refractivity (Wildman–Crippen MR) is 135 cm³/mol. The third-order valence-electron chi connectivity index (χ3n) is 5.94. The van der Waals surface area contributed by atoms with E-state index >= 15 is 0 Å². The zero-order valence-electron chi connectivity index (χ0n) is 18.1. The number of halogens is 1. The summed E-state index contributed by atoms with van der Waals surface area (Å²) >= 11 is 7.77. The fourth-order valence-corrected chi connectivity index (χ4v) is 5.25. The second-order valence-electron chi connectivity index (χ2n) is 8.17. The molecule has 5 nitrogen and oxygen atoms in total. The van der Waals surface area contributed by atoms with Crippen molar-refractivity contribution < 1.29 is 4.79 Å². The molecule has 0 aromatic heterocycles. The highest BCUT2D eigenvalue weighted by molar-refractivity contribution is 7.99. The summed E-state index contributed by atoms with van der Waals surface area (Å²) in [5.74, 6) is 0.733. The van der Waals surface area contributed by atoms with Crippen molar-refractivity contribution in [2.45, 2.75) is 17.7 Å². The van der Waals surface area contributed by atoms with Crippen LogP contribution in [0.2, 0.25) is 5.02 Å². The summed E-state index contributed by atoms with van der Waals surface area (Å²) in [6.07, 6.45) is 5.42. The average Bonchev–Trinajstić information content (AvgIpc) is 2.83. The van der Waals surface area contributed by atoms with Crippen molar-refractivity contribution in [3.63, 3.8) is 0 Å². The molecule has 2 N–H and O–H groups in total. The molecule has 0 radical (unpaired) electrons. The Morgan fingerprint density at radius 1 is 1.12 bits per heavy atom. The number of anilines is 1. The van der Waals surface area contributed by atoms with Gasteiger partial charge >= 0.3 is 0 Å². The molecule has 4 rings (SSSR count). The van der Waals surface area contributed by atoms with Gasteiger partial charge in [0, 0.05) is 65.9 Å². The third-order valence-corrected chi connectivity index (χ3v) is 7.31. The zero-order valence-corrected chi connectivity index (χ0v) is 19.7. The van der Waals surface area contributed by atoms with E-state index in [1.807, 2.05) is 36.4 Å². The van der Waals surface area contributed by atoms with Gasteiger partial charge in [0.1, 0.15) is 0 Å². The van der Waals surface area contributed by atoms with Gasteiger partial charge in [-0.05, 0) is 66.9 Å². The lowest BCUT2D eigenvalue weighted by Gasteiger charge is -2.36. The number of carbonyl (C=O) groups is 1. The van der Waals surface area contributed by atoms with E-state index in [1.54, 1.807) is 11.8 Å². The van der Waals surface area contributed by atoms with E-state index in [9.17, 15) is 4.79 Å². The highest BCUT2D eigenvalue weighted by Crippen LogP contribution is 2.33. The Balaban J connectivity index is 1.14. The smallest absolute Gasteiger partial charge is 0.248 e. The number of amides is 1. The van der Waals surface area contributed by atoms with Crippen molar-refractivity contribution >= 4 is 47.2 Å². The number of piperazine rings is 1. The van der Waals surface area contributed by atoms with E-state index in [0.29, 0.717) is 17.3 Å². The molecule has 1 fully saturated rings. The maximum Gasteiger partial charge on any atom is 0.248 e. The molecule has 0 bridgehead atoms. The van der Waals surface area contributed by atoms with Gasteiger partial charge in [0.15, 0.2) is 0 Å². The van der Waals surface area contributed by atoms with E-state index in [0.717, 1.165) is 62.3 Å². The standard InChI is InChI=1S/C25H29ClN4OS/c26-22-6-7-24-20(16-22)15-21(18-32-24)25(31)28-8-1-2-9-29-10-12-30(13-11-29)23-5-3-4-19(14-23)17-27/h3-7,14-17,27H,1-2,8-13,18H2,(H,28,31). The zero-order chi connectivity index (χ0) is 22.3. The molecular weight excluding hydrogens is 440 g/mol. The Kier molecular flexibility index (Phi) is 7.90. The number of hydrogen-bond donors (Lipinski definition) is 2. The predicted octanol–water partition coefficient (Wildman–Crippen LogP) is 4.55. The van der Waals surface area contributed by atoms with Gasteiger partial charge in [-0.3, -0.25) is 9.69 Å². The molecule has 7 heteroatoms. The van der Waals surface area contributed by atoms with Crippen LogP contribution in [0, 0.1) is 5.41 Å². The Hall–Kier alpha value is -2.28. The number of unbranched alkanes of at least 4 members (excludes halogenated alkanes) is 1. The van der Waals surface area contributed by atoms with Crippen molar-refractivity contribution in [2.75, 3.05) is 49.9 Å². The Labute approximate surface area is 199 Å². The number of nitrogens with zero attached hydrogens (tertiary/aromatic N) is 2. The summed E-state index contributed by atoms with van der Waals surface area (Å²) in [5.41, 5.74) is 3.99. The molecular formula is C25H29ClN4OS. The topological polar surface area (TPSA) is 59.4 Å². The lowest BCUT2D eigenvalue weighted by Crippen LogP contribution is -2.46. The molecule has 168 valence electrons. The largest absolute Gasteiger partial charge is 0.369 e. The average molecular weight is 469 g/mol. The van der Waals surface area contributed by atoms with E-state index in [-0.39, 0.29) is 5.91 Å². The Bertz CT molecular complexity index is 1000. The summed E-state index contributed by atoms with van der Waals surface area (Å²) < 4.78 is 0. The first kappa shape index (κ1) is 22.9. The number of hydrogen-bond acceptors (Lipinski definition) is 5. The lowest BCUT2D eigenvalue weighted by molar-refractivity contribution is -0.117. The SMILES string of the molecule is N=Cc1cccc(N2CCN(CCCCNC(=O)C3=Cc4cc(Cl)ccc4SC3)CC2)c1. The molecule has 2 aliphatic rings.